The van der Waals surface area contributed by atoms with Crippen LogP contribution in [0, 0.1) is 0 Å². The van der Waals surface area contributed by atoms with Crippen molar-refractivity contribution in [2.24, 2.45) is 0 Å². The predicted molar refractivity (Wildman–Crippen MR) is 145 cm³/mol. The van der Waals surface area contributed by atoms with Gasteiger partial charge in [0.05, 0.1) is 38.0 Å². The van der Waals surface area contributed by atoms with Crippen LogP contribution in [0.25, 0.3) is 33.4 Å². The highest BCUT2D eigenvalue weighted by molar-refractivity contribution is 6.04. The number of rotatable bonds is 9. The third-order valence-corrected chi connectivity index (χ3v) is 6.37. The molecule has 10 nitrogen and oxygen atoms in total. The second kappa shape index (κ2) is 11.1. The summed E-state index contributed by atoms with van der Waals surface area (Å²) in [6, 6.07) is 15.8. The zero-order valence-corrected chi connectivity index (χ0v) is 21.6. The van der Waals surface area contributed by atoms with E-state index in [-0.39, 0.29) is 61.6 Å². The fraction of sp³-hybridized carbons (Fsp3) is 0.100. The van der Waals surface area contributed by atoms with Crippen LogP contribution >= 0.6 is 0 Å². The van der Waals surface area contributed by atoms with Gasteiger partial charge in [0.1, 0.15) is 23.0 Å². The van der Waals surface area contributed by atoms with E-state index in [2.05, 4.69) is 0 Å². The van der Waals surface area contributed by atoms with Crippen molar-refractivity contribution in [3.8, 4) is 56.4 Å². The monoisotopic (exact) mass is 544 g/mol. The van der Waals surface area contributed by atoms with Gasteiger partial charge in [-0.05, 0) is 77.9 Å². The number of ether oxygens (including phenoxy) is 3. The zero-order chi connectivity index (χ0) is 29.1. The summed E-state index contributed by atoms with van der Waals surface area (Å²) in [6.07, 6.45) is 0. The van der Waals surface area contributed by atoms with Gasteiger partial charge in [0.15, 0.2) is 0 Å². The first-order chi connectivity index (χ1) is 19.1. The van der Waals surface area contributed by atoms with Gasteiger partial charge in [0.2, 0.25) is 0 Å². The minimum Gasteiger partial charge on any atom is -0.507 e. The summed E-state index contributed by atoms with van der Waals surface area (Å²) in [4.78, 5) is 36.6. The molecule has 0 atom stereocenters. The van der Waals surface area contributed by atoms with Crippen molar-refractivity contribution in [3.05, 3.63) is 83.4 Å². The van der Waals surface area contributed by atoms with E-state index < -0.39 is 23.7 Å². The molecule has 0 aliphatic rings. The molecule has 0 fully saturated rings. The molecule has 4 aromatic rings. The Kier molecular flexibility index (Phi) is 7.62. The number of hydrogen-bond donors (Lipinski definition) is 4. The summed E-state index contributed by atoms with van der Waals surface area (Å²) in [5, 5.41) is 41.3. The first-order valence-corrected chi connectivity index (χ1v) is 11.7. The van der Waals surface area contributed by atoms with Crippen molar-refractivity contribution < 1.29 is 49.0 Å². The van der Waals surface area contributed by atoms with Crippen molar-refractivity contribution >= 4 is 17.9 Å². The van der Waals surface area contributed by atoms with Crippen LogP contribution in [0.1, 0.15) is 31.1 Å². The van der Waals surface area contributed by atoms with Crippen molar-refractivity contribution in [2.75, 3.05) is 21.3 Å². The van der Waals surface area contributed by atoms with Gasteiger partial charge in [-0.15, -0.1) is 0 Å². The van der Waals surface area contributed by atoms with Crippen molar-refractivity contribution in [1.82, 2.24) is 0 Å². The third-order valence-electron chi connectivity index (χ3n) is 6.37. The van der Waals surface area contributed by atoms with Gasteiger partial charge in [-0.2, -0.15) is 0 Å². The molecule has 0 unspecified atom stereocenters. The van der Waals surface area contributed by atoms with E-state index in [4.69, 9.17) is 14.2 Å². The van der Waals surface area contributed by atoms with Gasteiger partial charge in [-0.25, -0.2) is 14.4 Å². The molecule has 204 valence electrons. The van der Waals surface area contributed by atoms with Crippen LogP contribution in [0.15, 0.2) is 66.7 Å². The molecule has 0 bridgehead atoms. The van der Waals surface area contributed by atoms with Crippen LogP contribution in [0.2, 0.25) is 0 Å². The highest BCUT2D eigenvalue weighted by Crippen LogP contribution is 2.45. The molecular formula is C30H24O10. The molecular weight excluding hydrogens is 520 g/mol. The zero-order valence-electron chi connectivity index (χ0n) is 21.6. The Morgan fingerprint density at radius 2 is 0.825 bits per heavy atom. The van der Waals surface area contributed by atoms with E-state index in [1.807, 2.05) is 0 Å². The number of aromatic hydroxyl groups is 1. The van der Waals surface area contributed by atoms with Gasteiger partial charge >= 0.3 is 17.9 Å². The van der Waals surface area contributed by atoms with Crippen LogP contribution in [0.5, 0.6) is 23.0 Å². The first kappa shape index (κ1) is 27.5. The lowest BCUT2D eigenvalue weighted by Gasteiger charge is -2.18. The number of methoxy groups -OCH3 is 3. The molecule has 4 N–H and O–H groups in total. The summed E-state index contributed by atoms with van der Waals surface area (Å²) in [5.41, 5.74) is 0.267. The van der Waals surface area contributed by atoms with Gasteiger partial charge in [-0.1, -0.05) is 0 Å². The molecule has 40 heavy (non-hydrogen) atoms. The van der Waals surface area contributed by atoms with E-state index in [9.17, 15) is 34.8 Å². The summed E-state index contributed by atoms with van der Waals surface area (Å²) in [7, 11) is 4.15. The number of hydrogen-bond acceptors (Lipinski definition) is 7. The van der Waals surface area contributed by atoms with E-state index >= 15 is 0 Å². The second-order valence-electron chi connectivity index (χ2n) is 8.57. The van der Waals surface area contributed by atoms with Crippen LogP contribution in [-0.4, -0.2) is 59.7 Å². The van der Waals surface area contributed by atoms with Gasteiger partial charge in [0.25, 0.3) is 0 Å². The van der Waals surface area contributed by atoms with E-state index in [1.54, 1.807) is 6.07 Å². The number of aromatic carboxylic acids is 3. The van der Waals surface area contributed by atoms with Gasteiger partial charge in [-0.3, -0.25) is 0 Å². The van der Waals surface area contributed by atoms with Crippen molar-refractivity contribution in [3.63, 3.8) is 0 Å². The molecule has 0 amide bonds. The second-order valence-corrected chi connectivity index (χ2v) is 8.57. The lowest BCUT2D eigenvalue weighted by Crippen LogP contribution is -2.04. The Bertz CT molecular complexity index is 1570. The lowest BCUT2D eigenvalue weighted by molar-refractivity contribution is 0.0686. The minimum absolute atomic E-state index is 0.0341. The fourth-order valence-corrected chi connectivity index (χ4v) is 4.40. The summed E-state index contributed by atoms with van der Waals surface area (Å²) in [5.74, 6) is -3.43. The Balaban J connectivity index is 2.13. The molecule has 0 spiro atoms. The summed E-state index contributed by atoms with van der Waals surface area (Å²) >= 11 is 0. The van der Waals surface area contributed by atoms with Gasteiger partial charge in [0, 0.05) is 22.3 Å². The SMILES string of the molecule is COc1ccc(-c2cc(-c3ccc(OC)cc3C(=O)O)c(O)c(-c3ccc(OC)cc3C(=O)O)c2)c(C(=O)O)c1. The summed E-state index contributed by atoms with van der Waals surface area (Å²) < 4.78 is 15.5. The number of carbonyl (C=O) groups is 3. The van der Waals surface area contributed by atoms with Crippen LogP contribution in [-0.2, 0) is 0 Å². The maximum atomic E-state index is 12.2. The van der Waals surface area contributed by atoms with Gasteiger partial charge < -0.3 is 34.6 Å². The molecule has 0 saturated carbocycles. The summed E-state index contributed by atoms with van der Waals surface area (Å²) in [6.45, 7) is 0. The maximum absolute atomic E-state index is 12.2. The van der Waals surface area contributed by atoms with Crippen LogP contribution in [0.4, 0.5) is 0 Å². The molecule has 0 aliphatic heterocycles. The molecule has 4 rings (SSSR count). The maximum Gasteiger partial charge on any atom is 0.336 e. The quantitative estimate of drug-likeness (QED) is 0.211. The molecule has 0 radical (unpaired) electrons. The lowest BCUT2D eigenvalue weighted by atomic mass is 9.87. The Morgan fingerprint density at radius 1 is 0.500 bits per heavy atom. The number of benzene rings is 4. The highest BCUT2D eigenvalue weighted by Gasteiger charge is 2.24. The van der Waals surface area contributed by atoms with Crippen molar-refractivity contribution in [1.29, 1.82) is 0 Å². The molecule has 4 aromatic carbocycles. The number of carboxylic acids is 3. The van der Waals surface area contributed by atoms with E-state index in [0.29, 0.717) is 5.75 Å². The molecule has 0 saturated heterocycles. The highest BCUT2D eigenvalue weighted by atomic mass is 16.5. The number of carboxylic acid groups (broad SMARTS) is 3. The molecule has 0 aromatic heterocycles. The average Bonchev–Trinajstić information content (AvgIpc) is 2.96. The smallest absolute Gasteiger partial charge is 0.336 e. The fourth-order valence-electron chi connectivity index (χ4n) is 4.40. The van der Waals surface area contributed by atoms with Crippen LogP contribution < -0.4 is 14.2 Å². The predicted octanol–water partition coefficient (Wildman–Crippen LogP) is 5.51. The number of phenolic OH excluding ortho intramolecular Hbond substituents is 1. The third kappa shape index (κ3) is 5.10. The topological polar surface area (TPSA) is 160 Å². The van der Waals surface area contributed by atoms with Crippen molar-refractivity contribution in [2.45, 2.75) is 0 Å². The largest absolute Gasteiger partial charge is 0.507 e. The molecule has 0 heterocycles. The Hall–Kier alpha value is -5.51. The standard InChI is InChI=1S/C30H24O10/c1-38-16-4-7-19(24(12-16)28(32)33)15-10-22(20-8-5-17(39-2)13-25(20)29(34)35)27(31)23(11-15)21-9-6-18(40-3)14-26(21)30(36)37/h4-14,31H,1-3H3,(H,32,33)(H,34,35)(H,36,37). The van der Waals surface area contributed by atoms with Crippen LogP contribution in [0.3, 0.4) is 0 Å². The first-order valence-electron chi connectivity index (χ1n) is 11.7. The van der Waals surface area contributed by atoms with E-state index in [1.165, 1.54) is 82.0 Å². The minimum atomic E-state index is -1.30. The average molecular weight is 545 g/mol. The molecule has 0 aliphatic carbocycles. The Morgan fingerprint density at radius 3 is 1.15 bits per heavy atom. The van der Waals surface area contributed by atoms with E-state index in [0.717, 1.165) is 0 Å². The number of phenols is 1. The Labute approximate surface area is 228 Å². The normalized spacial score (nSPS) is 10.6. The molecule has 10 heteroatoms.